The van der Waals surface area contributed by atoms with Crippen molar-refractivity contribution in [2.24, 2.45) is 0 Å². The number of piperazine rings is 1. The summed E-state index contributed by atoms with van der Waals surface area (Å²) < 4.78 is 47.9. The fraction of sp³-hybridized carbons (Fsp3) is 0.265. The van der Waals surface area contributed by atoms with Gasteiger partial charge in [-0.05, 0) is 43.7 Å². The van der Waals surface area contributed by atoms with Gasteiger partial charge in [-0.2, -0.15) is 22.7 Å². The SMILES string of the molecule is CCc1c(N2CCN(C(=O)c3ncnc(C)c3O)CC2)c(=O)n2nc(-c3cccc4occc34)nc2n1CC(=O)Nc1ccc(C(F)(F)F)cc1Cl. The summed E-state index contributed by atoms with van der Waals surface area (Å²) in [6, 6.07) is 9.66. The van der Waals surface area contributed by atoms with Crippen LogP contribution in [0.15, 0.2) is 64.3 Å². The Bertz CT molecular complexity index is 2430. The predicted octanol–water partition coefficient (Wildman–Crippen LogP) is 4.94. The normalized spacial score (nSPS) is 13.7. The van der Waals surface area contributed by atoms with Crippen molar-refractivity contribution in [2.45, 2.75) is 33.0 Å². The van der Waals surface area contributed by atoms with E-state index in [9.17, 15) is 32.7 Å². The van der Waals surface area contributed by atoms with Crippen LogP contribution in [0.2, 0.25) is 5.02 Å². The number of aromatic nitrogens is 6. The highest BCUT2D eigenvalue weighted by atomic mass is 35.5. The Morgan fingerprint density at radius 1 is 1.08 bits per heavy atom. The highest BCUT2D eigenvalue weighted by molar-refractivity contribution is 6.33. The minimum atomic E-state index is -4.62. The third-order valence-electron chi connectivity index (χ3n) is 8.86. The molecule has 6 aromatic rings. The average molecular weight is 736 g/mol. The van der Waals surface area contributed by atoms with Crippen LogP contribution in [0.25, 0.3) is 28.1 Å². The zero-order valence-electron chi connectivity index (χ0n) is 27.6. The first-order valence-electron chi connectivity index (χ1n) is 16.1. The summed E-state index contributed by atoms with van der Waals surface area (Å²) in [5.74, 6) is -1.19. The number of nitrogens with zero attached hydrogens (tertiary/aromatic N) is 8. The second-order valence-electron chi connectivity index (χ2n) is 12.0. The monoisotopic (exact) mass is 735 g/mol. The van der Waals surface area contributed by atoms with E-state index >= 15 is 0 Å². The Morgan fingerprint density at radius 3 is 2.56 bits per heavy atom. The summed E-state index contributed by atoms with van der Waals surface area (Å²) in [6.07, 6.45) is -1.64. The Morgan fingerprint density at radius 2 is 1.85 bits per heavy atom. The van der Waals surface area contributed by atoms with Crippen LogP contribution in [0.3, 0.4) is 0 Å². The average Bonchev–Trinajstić information content (AvgIpc) is 3.79. The van der Waals surface area contributed by atoms with Gasteiger partial charge >= 0.3 is 6.18 Å². The minimum absolute atomic E-state index is 0.0329. The summed E-state index contributed by atoms with van der Waals surface area (Å²) in [4.78, 5) is 57.0. The molecule has 0 unspecified atom stereocenters. The summed E-state index contributed by atoms with van der Waals surface area (Å²) >= 11 is 6.13. The largest absolute Gasteiger partial charge is 0.504 e. The Labute approximate surface area is 297 Å². The van der Waals surface area contributed by atoms with Crippen molar-refractivity contribution in [3.8, 4) is 17.1 Å². The van der Waals surface area contributed by atoms with Crippen molar-refractivity contribution in [1.29, 1.82) is 0 Å². The summed E-state index contributed by atoms with van der Waals surface area (Å²) in [5, 5.41) is 17.9. The molecule has 268 valence electrons. The molecule has 0 radical (unpaired) electrons. The van der Waals surface area contributed by atoms with Gasteiger partial charge in [0.25, 0.3) is 11.5 Å². The smallest absolute Gasteiger partial charge is 0.416 e. The number of carbonyl (C=O) groups is 2. The number of nitrogens with one attached hydrogen (secondary N) is 1. The molecular formula is C34H29ClF3N9O5. The molecule has 2 aromatic carbocycles. The maximum absolute atomic E-state index is 14.3. The highest BCUT2D eigenvalue weighted by Crippen LogP contribution is 2.34. The third-order valence-corrected chi connectivity index (χ3v) is 9.17. The molecule has 0 bridgehead atoms. The quantitative estimate of drug-likeness (QED) is 0.230. The molecule has 2 amide bonds. The van der Waals surface area contributed by atoms with Crippen LogP contribution in [0.1, 0.15) is 34.4 Å². The number of furan rings is 1. The van der Waals surface area contributed by atoms with Gasteiger partial charge in [-0.25, -0.2) is 9.97 Å². The van der Waals surface area contributed by atoms with Crippen molar-refractivity contribution in [2.75, 3.05) is 36.4 Å². The molecule has 14 nitrogen and oxygen atoms in total. The first-order chi connectivity index (χ1) is 24.8. The number of halogens is 4. The van der Waals surface area contributed by atoms with Gasteiger partial charge < -0.3 is 29.2 Å². The molecule has 1 aliphatic heterocycles. The molecule has 4 aromatic heterocycles. The number of aryl methyl sites for hydroxylation is 1. The van der Waals surface area contributed by atoms with E-state index in [1.807, 2.05) is 0 Å². The van der Waals surface area contributed by atoms with Crippen LogP contribution in [0.5, 0.6) is 5.75 Å². The molecule has 0 aliphatic carbocycles. The van der Waals surface area contributed by atoms with Crippen molar-refractivity contribution < 1.29 is 32.3 Å². The molecule has 5 heterocycles. The first-order valence-corrected chi connectivity index (χ1v) is 16.4. The van der Waals surface area contributed by atoms with Gasteiger partial charge in [-0.15, -0.1) is 5.10 Å². The molecule has 1 saturated heterocycles. The van der Waals surface area contributed by atoms with E-state index in [4.69, 9.17) is 21.0 Å². The van der Waals surface area contributed by atoms with Crippen molar-refractivity contribution >= 4 is 51.5 Å². The lowest BCUT2D eigenvalue weighted by molar-refractivity contribution is -0.137. The third kappa shape index (κ3) is 6.16. The zero-order valence-corrected chi connectivity index (χ0v) is 28.4. The summed E-state index contributed by atoms with van der Waals surface area (Å²) in [7, 11) is 0. The van der Waals surface area contributed by atoms with Crippen LogP contribution < -0.4 is 15.8 Å². The molecule has 0 saturated carbocycles. The topological polar surface area (TPSA) is 164 Å². The molecule has 1 aliphatic rings. The number of rotatable bonds is 7. The van der Waals surface area contributed by atoms with Crippen molar-refractivity contribution in [1.82, 2.24) is 34.0 Å². The van der Waals surface area contributed by atoms with Crippen LogP contribution in [-0.4, -0.2) is 77.1 Å². The van der Waals surface area contributed by atoms with Crippen LogP contribution >= 0.6 is 11.6 Å². The fourth-order valence-electron chi connectivity index (χ4n) is 6.26. The second kappa shape index (κ2) is 13.3. The summed E-state index contributed by atoms with van der Waals surface area (Å²) in [6.45, 7) is 3.75. The molecule has 0 atom stereocenters. The van der Waals surface area contributed by atoms with Crippen LogP contribution in [-0.2, 0) is 23.9 Å². The number of carbonyl (C=O) groups excluding carboxylic acids is 2. The van der Waals surface area contributed by atoms with E-state index in [0.717, 1.165) is 22.7 Å². The lowest BCUT2D eigenvalue weighted by atomic mass is 10.1. The number of fused-ring (bicyclic) bond motifs is 2. The number of benzene rings is 2. The second-order valence-corrected chi connectivity index (χ2v) is 12.4. The van der Waals surface area contributed by atoms with Gasteiger partial charge in [0.1, 0.15) is 24.1 Å². The lowest BCUT2D eigenvalue weighted by Crippen LogP contribution is -2.51. The molecule has 7 rings (SSSR count). The van der Waals surface area contributed by atoms with E-state index in [1.165, 1.54) is 22.1 Å². The summed E-state index contributed by atoms with van der Waals surface area (Å²) in [5.41, 5.74) is 0.469. The molecule has 2 N–H and O–H groups in total. The van der Waals surface area contributed by atoms with Crippen molar-refractivity contribution in [3.63, 3.8) is 0 Å². The van der Waals surface area contributed by atoms with E-state index in [0.29, 0.717) is 22.2 Å². The van der Waals surface area contributed by atoms with E-state index in [-0.39, 0.29) is 77.7 Å². The fourth-order valence-corrected chi connectivity index (χ4v) is 6.49. The van der Waals surface area contributed by atoms with Crippen molar-refractivity contribution in [3.05, 3.63) is 93.1 Å². The van der Waals surface area contributed by atoms with E-state index < -0.39 is 35.7 Å². The maximum Gasteiger partial charge on any atom is 0.416 e. The molecule has 1 fully saturated rings. The maximum atomic E-state index is 14.3. The lowest BCUT2D eigenvalue weighted by Gasteiger charge is -2.36. The molecule has 0 spiro atoms. The van der Waals surface area contributed by atoms with Gasteiger partial charge in [-0.3, -0.25) is 14.4 Å². The van der Waals surface area contributed by atoms with Gasteiger partial charge in [-0.1, -0.05) is 30.7 Å². The number of hydrogen-bond donors (Lipinski definition) is 2. The Balaban J connectivity index is 1.27. The van der Waals surface area contributed by atoms with E-state index in [2.05, 4.69) is 20.4 Å². The van der Waals surface area contributed by atoms with E-state index in [1.54, 1.807) is 43.0 Å². The Kier molecular flexibility index (Phi) is 8.82. The standard InChI is InChI=1S/C34H29ClF3N9O5/c1-3-24-28(44-10-12-45(13-11-44)31(50)27-29(49)18(2)39-17-40-27)32(51)47-33(42-30(43-47)21-5-4-6-25-20(21)9-14-52-25)46(24)16-26(48)41-23-8-7-19(15-22(23)35)34(36,37)38/h4-9,14-15,17,49H,3,10-13,16H2,1-2H3,(H,41,48). The molecule has 18 heteroatoms. The highest BCUT2D eigenvalue weighted by Gasteiger charge is 2.32. The molecular weight excluding hydrogens is 707 g/mol. The zero-order chi connectivity index (χ0) is 36.9. The van der Waals surface area contributed by atoms with Gasteiger partial charge in [0, 0.05) is 37.1 Å². The van der Waals surface area contributed by atoms with Gasteiger partial charge in [0.05, 0.1) is 33.9 Å². The predicted molar refractivity (Wildman–Crippen MR) is 183 cm³/mol. The van der Waals surface area contributed by atoms with Crippen LogP contribution in [0.4, 0.5) is 24.5 Å². The van der Waals surface area contributed by atoms with Crippen LogP contribution in [0, 0.1) is 6.92 Å². The minimum Gasteiger partial charge on any atom is -0.504 e. The first kappa shape index (κ1) is 34.5. The number of hydrogen-bond acceptors (Lipinski definition) is 10. The van der Waals surface area contributed by atoms with Gasteiger partial charge in [0.15, 0.2) is 17.3 Å². The number of amides is 2. The number of aromatic hydroxyl groups is 1. The van der Waals surface area contributed by atoms with Gasteiger partial charge in [0.2, 0.25) is 11.7 Å². The molecule has 52 heavy (non-hydrogen) atoms. The number of alkyl halides is 3. The number of anilines is 2. The Hall–Kier alpha value is -5.97.